The van der Waals surface area contributed by atoms with Crippen LogP contribution < -0.4 is 5.32 Å². The summed E-state index contributed by atoms with van der Waals surface area (Å²) in [4.78, 5) is 44.7. The van der Waals surface area contributed by atoms with Crippen molar-refractivity contribution in [2.45, 2.75) is 26.3 Å². The molecule has 2 aromatic rings. The highest BCUT2D eigenvalue weighted by molar-refractivity contribution is 7.13. The molecule has 0 bridgehead atoms. The van der Waals surface area contributed by atoms with Crippen LogP contribution in [0.1, 0.15) is 19.5 Å². The number of hydrogen-bond acceptors (Lipinski definition) is 6. The van der Waals surface area contributed by atoms with Gasteiger partial charge in [0.15, 0.2) is 0 Å². The van der Waals surface area contributed by atoms with Gasteiger partial charge in [0.2, 0.25) is 11.8 Å². The molecule has 0 aromatic carbocycles. The highest BCUT2D eigenvalue weighted by atomic mass is 32.1. The lowest BCUT2D eigenvalue weighted by atomic mass is 10.2. The summed E-state index contributed by atoms with van der Waals surface area (Å²) in [5, 5.41) is 14.3. The molecule has 9 heteroatoms. The molecule has 0 spiro atoms. The van der Waals surface area contributed by atoms with Crippen LogP contribution in [-0.2, 0) is 20.8 Å². The molecule has 2 amide bonds. The predicted molar refractivity (Wildman–Crippen MR) is 96.5 cm³/mol. The molecule has 2 heterocycles. The fourth-order valence-electron chi connectivity index (χ4n) is 2.27. The van der Waals surface area contributed by atoms with Crippen molar-refractivity contribution >= 4 is 29.1 Å². The molecule has 26 heavy (non-hydrogen) atoms. The fourth-order valence-corrected chi connectivity index (χ4v) is 3.07. The number of carboxylic acid groups (broad SMARTS) is 1. The van der Waals surface area contributed by atoms with E-state index in [0.29, 0.717) is 10.7 Å². The number of amides is 2. The van der Waals surface area contributed by atoms with Gasteiger partial charge in [0.25, 0.3) is 0 Å². The molecule has 0 aliphatic carbocycles. The van der Waals surface area contributed by atoms with Crippen molar-refractivity contribution in [1.29, 1.82) is 0 Å². The van der Waals surface area contributed by atoms with Crippen LogP contribution in [0.5, 0.6) is 0 Å². The number of nitrogens with one attached hydrogen (secondary N) is 1. The van der Waals surface area contributed by atoms with Crippen LogP contribution in [0.2, 0.25) is 0 Å². The van der Waals surface area contributed by atoms with Gasteiger partial charge in [-0.05, 0) is 19.1 Å². The third-order valence-corrected chi connectivity index (χ3v) is 4.55. The van der Waals surface area contributed by atoms with Crippen LogP contribution in [-0.4, -0.2) is 56.9 Å². The summed E-state index contributed by atoms with van der Waals surface area (Å²) in [6, 6.07) is 4.50. The van der Waals surface area contributed by atoms with Gasteiger partial charge in [-0.25, -0.2) is 9.78 Å². The third kappa shape index (κ3) is 5.35. The van der Waals surface area contributed by atoms with E-state index in [9.17, 15) is 19.5 Å². The molecule has 1 unspecified atom stereocenters. The number of aliphatic carboxylic acids is 1. The van der Waals surface area contributed by atoms with Gasteiger partial charge in [0, 0.05) is 31.6 Å². The molecular formula is C17H20N4O4S. The number of thiazole rings is 1. The molecule has 0 radical (unpaired) electrons. The number of nitrogens with zero attached hydrogens (tertiary/aromatic N) is 3. The Morgan fingerprint density at radius 1 is 1.35 bits per heavy atom. The Morgan fingerprint density at radius 2 is 2.12 bits per heavy atom. The van der Waals surface area contributed by atoms with Crippen LogP contribution >= 0.6 is 11.3 Å². The van der Waals surface area contributed by atoms with Crippen LogP contribution in [0.15, 0.2) is 29.8 Å². The summed E-state index contributed by atoms with van der Waals surface area (Å²) in [5.41, 5.74) is 1.28. The Balaban J connectivity index is 2.07. The molecule has 2 rings (SSSR count). The van der Waals surface area contributed by atoms with Gasteiger partial charge in [-0.1, -0.05) is 6.07 Å². The maximum atomic E-state index is 12.6. The minimum atomic E-state index is -1.10. The van der Waals surface area contributed by atoms with Gasteiger partial charge < -0.3 is 15.3 Å². The number of aromatic nitrogens is 2. The Bertz CT molecular complexity index is 778. The minimum Gasteiger partial charge on any atom is -0.480 e. The molecular weight excluding hydrogens is 356 g/mol. The molecule has 0 aliphatic heterocycles. The van der Waals surface area contributed by atoms with Crippen molar-refractivity contribution in [3.63, 3.8) is 0 Å². The van der Waals surface area contributed by atoms with Crippen molar-refractivity contribution in [1.82, 2.24) is 20.2 Å². The average molecular weight is 376 g/mol. The topological polar surface area (TPSA) is 112 Å². The van der Waals surface area contributed by atoms with E-state index in [-0.39, 0.29) is 31.3 Å². The third-order valence-electron chi connectivity index (χ3n) is 3.64. The van der Waals surface area contributed by atoms with Gasteiger partial charge >= 0.3 is 5.97 Å². The molecule has 1 atom stereocenters. The Labute approximate surface area is 154 Å². The summed E-state index contributed by atoms with van der Waals surface area (Å²) in [6.45, 7) is 3.10. The number of carbonyl (C=O) groups is 3. The zero-order chi connectivity index (χ0) is 19.1. The average Bonchev–Trinajstić information content (AvgIpc) is 3.07. The van der Waals surface area contributed by atoms with Crippen molar-refractivity contribution in [2.75, 3.05) is 13.1 Å². The van der Waals surface area contributed by atoms with Crippen molar-refractivity contribution in [3.8, 4) is 10.7 Å². The highest BCUT2D eigenvalue weighted by Crippen LogP contribution is 2.22. The lowest BCUT2D eigenvalue weighted by Gasteiger charge is -2.26. The van der Waals surface area contributed by atoms with E-state index in [4.69, 9.17) is 0 Å². The number of hydrogen-bond donors (Lipinski definition) is 2. The quantitative estimate of drug-likeness (QED) is 0.715. The number of carboxylic acids is 1. The van der Waals surface area contributed by atoms with Gasteiger partial charge in [-0.15, -0.1) is 11.3 Å². The zero-order valence-corrected chi connectivity index (χ0v) is 15.3. The largest absolute Gasteiger partial charge is 0.480 e. The van der Waals surface area contributed by atoms with E-state index in [1.165, 1.54) is 30.1 Å². The second-order valence-corrected chi connectivity index (χ2v) is 6.48. The van der Waals surface area contributed by atoms with Crippen LogP contribution in [0, 0.1) is 0 Å². The molecule has 0 fully saturated rings. The van der Waals surface area contributed by atoms with Crippen LogP contribution in [0.25, 0.3) is 10.7 Å². The maximum absolute atomic E-state index is 12.6. The van der Waals surface area contributed by atoms with Crippen molar-refractivity contribution in [3.05, 3.63) is 35.5 Å². The fraction of sp³-hybridized carbons (Fsp3) is 0.353. The molecule has 2 N–H and O–H groups in total. The van der Waals surface area contributed by atoms with Gasteiger partial charge in [-0.3, -0.25) is 14.6 Å². The van der Waals surface area contributed by atoms with E-state index >= 15 is 0 Å². The minimum absolute atomic E-state index is 0.0129. The first-order valence-electron chi connectivity index (χ1n) is 8.01. The predicted octanol–water partition coefficient (Wildman–Crippen LogP) is 1.19. The first-order chi connectivity index (χ1) is 12.4. The molecule has 8 nitrogen and oxygen atoms in total. The maximum Gasteiger partial charge on any atom is 0.326 e. The van der Waals surface area contributed by atoms with E-state index in [0.717, 1.165) is 5.69 Å². The molecule has 0 aliphatic rings. The number of carbonyl (C=O) groups excluding carboxylic acids is 2. The second-order valence-electron chi connectivity index (χ2n) is 5.62. The highest BCUT2D eigenvalue weighted by Gasteiger charge is 2.26. The summed E-state index contributed by atoms with van der Waals surface area (Å²) < 4.78 is 0. The van der Waals surface area contributed by atoms with Crippen LogP contribution in [0.3, 0.4) is 0 Å². The van der Waals surface area contributed by atoms with Crippen LogP contribution in [0.4, 0.5) is 0 Å². The molecule has 138 valence electrons. The summed E-state index contributed by atoms with van der Waals surface area (Å²) in [5.74, 6) is -1.70. The normalized spacial score (nSPS) is 11.6. The summed E-state index contributed by atoms with van der Waals surface area (Å²) in [6.07, 6.45) is 1.65. The van der Waals surface area contributed by atoms with Crippen molar-refractivity contribution in [2.24, 2.45) is 0 Å². The second kappa shape index (κ2) is 9.04. The summed E-state index contributed by atoms with van der Waals surface area (Å²) >= 11 is 1.38. The molecule has 0 saturated heterocycles. The van der Waals surface area contributed by atoms with E-state index in [2.05, 4.69) is 15.3 Å². The monoisotopic (exact) mass is 376 g/mol. The lowest BCUT2D eigenvalue weighted by Crippen LogP contribution is -2.47. The standard InChI is InChI=1S/C17H20N4O4S/c1-11(17(24)25)21(8-7-18-12(2)22)15(23)9-13-10-26-16(20-13)14-5-3-4-6-19-14/h3-6,10-11H,7-9H2,1-2H3,(H,18,22)(H,24,25). The Kier molecular flexibility index (Phi) is 6.79. The Hall–Kier alpha value is -2.81. The summed E-state index contributed by atoms with van der Waals surface area (Å²) in [7, 11) is 0. The number of pyridine rings is 1. The van der Waals surface area contributed by atoms with Crippen molar-refractivity contribution < 1.29 is 19.5 Å². The SMILES string of the molecule is CC(=O)NCCN(C(=O)Cc1csc(-c2ccccn2)n1)C(C)C(=O)O. The van der Waals surface area contributed by atoms with E-state index in [1.807, 2.05) is 18.2 Å². The van der Waals surface area contributed by atoms with Gasteiger partial charge in [0.05, 0.1) is 17.8 Å². The smallest absolute Gasteiger partial charge is 0.326 e. The molecule has 0 saturated carbocycles. The zero-order valence-electron chi connectivity index (χ0n) is 14.5. The molecule has 2 aromatic heterocycles. The number of rotatable bonds is 8. The van der Waals surface area contributed by atoms with Gasteiger partial charge in [0.1, 0.15) is 11.0 Å². The Morgan fingerprint density at radius 3 is 2.73 bits per heavy atom. The lowest BCUT2D eigenvalue weighted by molar-refractivity contribution is -0.149. The van der Waals surface area contributed by atoms with E-state index in [1.54, 1.807) is 11.6 Å². The van der Waals surface area contributed by atoms with Gasteiger partial charge in [-0.2, -0.15) is 0 Å². The first-order valence-corrected chi connectivity index (χ1v) is 8.89. The first kappa shape index (κ1) is 19.5. The van der Waals surface area contributed by atoms with E-state index < -0.39 is 12.0 Å².